The number of carbonyl (C=O) groups excluding carboxylic acids is 2. The smallest absolute Gasteiger partial charge is 0.223 e. The highest BCUT2D eigenvalue weighted by Gasteiger charge is 2.29. The van der Waals surface area contributed by atoms with Gasteiger partial charge in [0.25, 0.3) is 0 Å². The maximum absolute atomic E-state index is 12.5. The van der Waals surface area contributed by atoms with Gasteiger partial charge < -0.3 is 15.4 Å². The van der Waals surface area contributed by atoms with Gasteiger partial charge in [-0.1, -0.05) is 12.1 Å². The number of aromatic nitrogens is 1. The molecule has 0 atom stereocenters. The highest BCUT2D eigenvalue weighted by atomic mass is 16.5. The Labute approximate surface area is 172 Å². The van der Waals surface area contributed by atoms with Gasteiger partial charge in [-0.3, -0.25) is 14.6 Å². The van der Waals surface area contributed by atoms with Crippen LogP contribution in [0, 0.1) is 11.8 Å². The van der Waals surface area contributed by atoms with Crippen LogP contribution < -0.4 is 15.4 Å². The van der Waals surface area contributed by atoms with E-state index in [1.165, 1.54) is 0 Å². The molecule has 29 heavy (non-hydrogen) atoms. The largest absolute Gasteiger partial charge is 0.497 e. The van der Waals surface area contributed by atoms with Gasteiger partial charge in [-0.05, 0) is 67.5 Å². The van der Waals surface area contributed by atoms with E-state index < -0.39 is 0 Å². The fourth-order valence-electron chi connectivity index (χ4n) is 3.75. The predicted octanol–water partition coefficient (Wildman–Crippen LogP) is 2.87. The van der Waals surface area contributed by atoms with Crippen molar-refractivity contribution in [2.45, 2.75) is 38.6 Å². The molecule has 0 radical (unpaired) electrons. The Kier molecular flexibility index (Phi) is 7.61. The number of benzene rings is 1. The highest BCUT2D eigenvalue weighted by Crippen LogP contribution is 2.29. The fourth-order valence-corrected chi connectivity index (χ4v) is 3.75. The molecule has 1 heterocycles. The molecule has 1 aliphatic rings. The minimum Gasteiger partial charge on any atom is -0.497 e. The Bertz CT molecular complexity index is 802. The average Bonchev–Trinajstić information content (AvgIpc) is 2.78. The number of hydrogen-bond donors (Lipinski definition) is 2. The predicted molar refractivity (Wildman–Crippen MR) is 111 cm³/mol. The molecule has 2 amide bonds. The zero-order valence-corrected chi connectivity index (χ0v) is 16.9. The SMILES string of the molecule is COc1cccc(CCNC(=O)C2CCC(C(=O)NCc3ccncc3)CC2)c1. The quantitative estimate of drug-likeness (QED) is 0.720. The maximum Gasteiger partial charge on any atom is 0.223 e. The summed E-state index contributed by atoms with van der Waals surface area (Å²) in [5.41, 5.74) is 2.18. The van der Waals surface area contributed by atoms with Crippen molar-refractivity contribution in [1.29, 1.82) is 0 Å². The molecule has 0 bridgehead atoms. The Morgan fingerprint density at radius 1 is 0.966 bits per heavy atom. The normalized spacial score (nSPS) is 18.7. The van der Waals surface area contributed by atoms with E-state index in [1.807, 2.05) is 36.4 Å². The van der Waals surface area contributed by atoms with Crippen LogP contribution in [0.25, 0.3) is 0 Å². The first kappa shape index (κ1) is 20.8. The van der Waals surface area contributed by atoms with Crippen molar-refractivity contribution in [2.24, 2.45) is 11.8 Å². The Morgan fingerprint density at radius 2 is 1.62 bits per heavy atom. The van der Waals surface area contributed by atoms with Crippen LogP contribution in [0.2, 0.25) is 0 Å². The Balaban J connectivity index is 1.36. The van der Waals surface area contributed by atoms with Gasteiger partial charge in [0.15, 0.2) is 0 Å². The number of nitrogens with one attached hydrogen (secondary N) is 2. The third-order valence-corrected chi connectivity index (χ3v) is 5.53. The molecule has 2 N–H and O–H groups in total. The number of hydrogen-bond acceptors (Lipinski definition) is 4. The third kappa shape index (κ3) is 6.31. The van der Waals surface area contributed by atoms with Crippen molar-refractivity contribution in [3.8, 4) is 5.75 Å². The number of nitrogens with zero attached hydrogens (tertiary/aromatic N) is 1. The molecule has 1 aromatic carbocycles. The zero-order valence-electron chi connectivity index (χ0n) is 16.9. The monoisotopic (exact) mass is 395 g/mol. The highest BCUT2D eigenvalue weighted by molar-refractivity contribution is 5.81. The Morgan fingerprint density at radius 3 is 2.28 bits per heavy atom. The summed E-state index contributed by atoms with van der Waals surface area (Å²) in [4.78, 5) is 28.8. The molecule has 0 spiro atoms. The molecule has 0 saturated heterocycles. The third-order valence-electron chi connectivity index (χ3n) is 5.53. The molecular weight excluding hydrogens is 366 g/mol. The van der Waals surface area contributed by atoms with E-state index in [9.17, 15) is 9.59 Å². The first-order chi connectivity index (χ1) is 14.2. The van der Waals surface area contributed by atoms with Crippen LogP contribution in [0.15, 0.2) is 48.8 Å². The van der Waals surface area contributed by atoms with Crippen molar-refractivity contribution in [1.82, 2.24) is 15.6 Å². The van der Waals surface area contributed by atoms with Crippen LogP contribution in [0.4, 0.5) is 0 Å². The van der Waals surface area contributed by atoms with Gasteiger partial charge in [-0.15, -0.1) is 0 Å². The first-order valence-electron chi connectivity index (χ1n) is 10.2. The molecular formula is C23H29N3O3. The van der Waals surface area contributed by atoms with Gasteiger partial charge in [0.1, 0.15) is 5.75 Å². The number of ether oxygens (including phenoxy) is 1. The van der Waals surface area contributed by atoms with E-state index in [1.54, 1.807) is 19.5 Å². The summed E-state index contributed by atoms with van der Waals surface area (Å²) in [6.07, 6.45) is 7.26. The zero-order chi connectivity index (χ0) is 20.5. The number of methoxy groups -OCH3 is 1. The van der Waals surface area contributed by atoms with E-state index in [0.717, 1.165) is 49.0 Å². The lowest BCUT2D eigenvalue weighted by molar-refractivity contribution is -0.130. The van der Waals surface area contributed by atoms with E-state index >= 15 is 0 Å². The van der Waals surface area contributed by atoms with Gasteiger partial charge in [-0.2, -0.15) is 0 Å². The van der Waals surface area contributed by atoms with Crippen LogP contribution in [0.5, 0.6) is 5.75 Å². The summed E-state index contributed by atoms with van der Waals surface area (Å²) in [5, 5.41) is 6.04. The van der Waals surface area contributed by atoms with Gasteiger partial charge in [-0.25, -0.2) is 0 Å². The second-order valence-corrected chi connectivity index (χ2v) is 7.51. The van der Waals surface area contributed by atoms with E-state index in [4.69, 9.17) is 4.74 Å². The summed E-state index contributed by atoms with van der Waals surface area (Å²) >= 11 is 0. The molecule has 6 heteroatoms. The molecule has 154 valence electrons. The topological polar surface area (TPSA) is 80.3 Å². The molecule has 0 aliphatic heterocycles. The summed E-state index contributed by atoms with van der Waals surface area (Å²) in [5.74, 6) is 1.01. The van der Waals surface area contributed by atoms with Crippen molar-refractivity contribution in [3.63, 3.8) is 0 Å². The molecule has 1 saturated carbocycles. The molecule has 1 aromatic heterocycles. The molecule has 6 nitrogen and oxygen atoms in total. The van der Waals surface area contributed by atoms with Crippen LogP contribution >= 0.6 is 0 Å². The lowest BCUT2D eigenvalue weighted by Crippen LogP contribution is -2.37. The summed E-state index contributed by atoms with van der Waals surface area (Å²) < 4.78 is 5.23. The van der Waals surface area contributed by atoms with Gasteiger partial charge >= 0.3 is 0 Å². The Hall–Kier alpha value is -2.89. The maximum atomic E-state index is 12.5. The summed E-state index contributed by atoms with van der Waals surface area (Å²) in [6.45, 7) is 1.13. The second-order valence-electron chi connectivity index (χ2n) is 7.51. The van der Waals surface area contributed by atoms with E-state index in [0.29, 0.717) is 13.1 Å². The van der Waals surface area contributed by atoms with Crippen molar-refractivity contribution in [3.05, 3.63) is 59.9 Å². The number of pyridine rings is 1. The molecule has 3 rings (SSSR count). The standard InChI is InChI=1S/C23H29N3O3/c1-29-21-4-2-3-17(15-21)11-14-25-22(27)19-5-7-20(8-6-19)23(28)26-16-18-9-12-24-13-10-18/h2-4,9-10,12-13,15,19-20H,5-8,11,14,16H2,1H3,(H,25,27)(H,26,28). The second kappa shape index (κ2) is 10.6. The average molecular weight is 396 g/mol. The van der Waals surface area contributed by atoms with Gasteiger partial charge in [0.05, 0.1) is 7.11 Å². The molecule has 0 unspecified atom stereocenters. The lowest BCUT2D eigenvalue weighted by atomic mass is 9.81. The van der Waals surface area contributed by atoms with E-state index in [-0.39, 0.29) is 23.7 Å². The van der Waals surface area contributed by atoms with Crippen LogP contribution in [0.1, 0.15) is 36.8 Å². The minimum absolute atomic E-state index is 0.00216. The first-order valence-corrected chi connectivity index (χ1v) is 10.2. The van der Waals surface area contributed by atoms with Crippen molar-refractivity contribution < 1.29 is 14.3 Å². The number of rotatable bonds is 8. The van der Waals surface area contributed by atoms with E-state index in [2.05, 4.69) is 15.6 Å². The molecule has 2 aromatic rings. The summed E-state index contributed by atoms with van der Waals surface area (Å²) in [7, 11) is 1.65. The lowest BCUT2D eigenvalue weighted by Gasteiger charge is -2.27. The van der Waals surface area contributed by atoms with Gasteiger partial charge in [0.2, 0.25) is 11.8 Å². The van der Waals surface area contributed by atoms with Crippen molar-refractivity contribution >= 4 is 11.8 Å². The minimum atomic E-state index is -0.00216. The van der Waals surface area contributed by atoms with Crippen LogP contribution in [0.3, 0.4) is 0 Å². The molecule has 1 fully saturated rings. The van der Waals surface area contributed by atoms with Crippen LogP contribution in [-0.4, -0.2) is 30.5 Å². The van der Waals surface area contributed by atoms with Crippen LogP contribution in [-0.2, 0) is 22.6 Å². The number of amides is 2. The van der Waals surface area contributed by atoms with Crippen molar-refractivity contribution in [2.75, 3.05) is 13.7 Å². The number of carbonyl (C=O) groups is 2. The molecule has 1 aliphatic carbocycles. The van der Waals surface area contributed by atoms with Gasteiger partial charge in [0, 0.05) is 37.3 Å². The summed E-state index contributed by atoms with van der Waals surface area (Å²) in [6, 6.07) is 11.7. The fraction of sp³-hybridized carbons (Fsp3) is 0.435.